The van der Waals surface area contributed by atoms with Crippen molar-refractivity contribution in [2.45, 2.75) is 6.92 Å². The number of aromatic nitrogens is 2. The summed E-state index contributed by atoms with van der Waals surface area (Å²) in [7, 11) is 0. The van der Waals surface area contributed by atoms with E-state index in [0.29, 0.717) is 17.4 Å². The SMILES string of the molecule is Cc1ccc(-c2noc(-c3ccc(Br)c(N)c3)n2)cc1Br. The Morgan fingerprint density at radius 1 is 1.00 bits per heavy atom. The molecule has 0 radical (unpaired) electrons. The maximum Gasteiger partial charge on any atom is 0.258 e. The molecular weight excluding hydrogens is 398 g/mol. The van der Waals surface area contributed by atoms with E-state index in [1.54, 1.807) is 6.07 Å². The van der Waals surface area contributed by atoms with Gasteiger partial charge in [0.2, 0.25) is 5.82 Å². The Morgan fingerprint density at radius 3 is 2.48 bits per heavy atom. The maximum atomic E-state index is 5.87. The third kappa shape index (κ3) is 2.87. The Morgan fingerprint density at radius 2 is 1.76 bits per heavy atom. The standard InChI is InChI=1S/C15H11Br2N3O/c1-8-2-3-9(6-12(8)17)14-19-15(21-20-14)10-4-5-11(16)13(18)7-10/h2-7H,18H2,1H3. The smallest absolute Gasteiger partial charge is 0.258 e. The summed E-state index contributed by atoms with van der Waals surface area (Å²) in [5, 5.41) is 4.03. The summed E-state index contributed by atoms with van der Waals surface area (Å²) in [6.45, 7) is 2.03. The molecule has 106 valence electrons. The van der Waals surface area contributed by atoms with Gasteiger partial charge in [-0.3, -0.25) is 0 Å². The Hall–Kier alpha value is -1.66. The van der Waals surface area contributed by atoms with E-state index in [0.717, 1.165) is 25.6 Å². The quantitative estimate of drug-likeness (QED) is 0.617. The fourth-order valence-electron chi connectivity index (χ4n) is 1.87. The molecule has 3 rings (SSSR count). The van der Waals surface area contributed by atoms with Crippen molar-refractivity contribution in [1.29, 1.82) is 0 Å². The Balaban J connectivity index is 1.99. The highest BCUT2D eigenvalue weighted by Gasteiger charge is 2.12. The fourth-order valence-corrected chi connectivity index (χ4v) is 2.49. The van der Waals surface area contributed by atoms with Gasteiger partial charge < -0.3 is 10.3 Å². The topological polar surface area (TPSA) is 64.9 Å². The van der Waals surface area contributed by atoms with Gasteiger partial charge in [-0.25, -0.2) is 0 Å². The van der Waals surface area contributed by atoms with Gasteiger partial charge in [-0.1, -0.05) is 33.2 Å². The summed E-state index contributed by atoms with van der Waals surface area (Å²) in [6.07, 6.45) is 0. The minimum atomic E-state index is 0.445. The summed E-state index contributed by atoms with van der Waals surface area (Å²) in [4.78, 5) is 4.42. The second-order valence-corrected chi connectivity index (χ2v) is 6.33. The van der Waals surface area contributed by atoms with Crippen LogP contribution in [-0.4, -0.2) is 10.1 Å². The number of rotatable bonds is 2. The summed E-state index contributed by atoms with van der Waals surface area (Å²) >= 11 is 6.87. The van der Waals surface area contributed by atoms with Gasteiger partial charge in [0.1, 0.15) is 0 Å². The molecule has 3 aromatic rings. The zero-order valence-corrected chi connectivity index (χ0v) is 14.3. The number of nitrogens with two attached hydrogens (primary N) is 1. The van der Waals surface area contributed by atoms with Crippen LogP contribution in [0.1, 0.15) is 5.56 Å². The average molecular weight is 409 g/mol. The van der Waals surface area contributed by atoms with Gasteiger partial charge in [0, 0.05) is 25.8 Å². The maximum absolute atomic E-state index is 5.87. The first kappa shape index (κ1) is 14.3. The highest BCUT2D eigenvalue weighted by Crippen LogP contribution is 2.29. The highest BCUT2D eigenvalue weighted by molar-refractivity contribution is 9.10. The van der Waals surface area contributed by atoms with Crippen LogP contribution < -0.4 is 5.73 Å². The van der Waals surface area contributed by atoms with E-state index in [-0.39, 0.29) is 0 Å². The molecule has 0 fully saturated rings. The van der Waals surface area contributed by atoms with Crippen molar-refractivity contribution in [3.63, 3.8) is 0 Å². The number of halogens is 2. The summed E-state index contributed by atoms with van der Waals surface area (Å²) < 4.78 is 7.18. The van der Waals surface area contributed by atoms with Crippen molar-refractivity contribution >= 4 is 37.5 Å². The van der Waals surface area contributed by atoms with Crippen LogP contribution in [0.3, 0.4) is 0 Å². The van der Waals surface area contributed by atoms with Gasteiger partial charge in [0.15, 0.2) is 0 Å². The predicted octanol–water partition coefficient (Wildman–Crippen LogP) is 4.82. The van der Waals surface area contributed by atoms with Crippen LogP contribution in [0.5, 0.6) is 0 Å². The molecule has 0 spiro atoms. The first-order chi connectivity index (χ1) is 10.0. The van der Waals surface area contributed by atoms with Crippen molar-refractivity contribution in [3.8, 4) is 22.8 Å². The minimum absolute atomic E-state index is 0.445. The number of hydrogen-bond donors (Lipinski definition) is 1. The van der Waals surface area contributed by atoms with Crippen molar-refractivity contribution in [2.24, 2.45) is 0 Å². The molecule has 0 aliphatic rings. The number of nitrogens with zero attached hydrogens (tertiary/aromatic N) is 2. The lowest BCUT2D eigenvalue weighted by Crippen LogP contribution is -1.88. The summed E-state index contributed by atoms with van der Waals surface area (Å²) in [6, 6.07) is 11.5. The molecule has 21 heavy (non-hydrogen) atoms. The Bertz CT molecular complexity index is 748. The van der Waals surface area contributed by atoms with Crippen LogP contribution in [0.15, 0.2) is 49.9 Å². The number of anilines is 1. The van der Waals surface area contributed by atoms with Gasteiger partial charge in [-0.05, 0) is 52.7 Å². The van der Waals surface area contributed by atoms with Gasteiger partial charge in [-0.15, -0.1) is 0 Å². The van der Waals surface area contributed by atoms with E-state index in [9.17, 15) is 0 Å². The molecular formula is C15H11Br2N3O. The van der Waals surface area contributed by atoms with E-state index in [1.807, 2.05) is 37.3 Å². The zero-order chi connectivity index (χ0) is 15.0. The molecule has 0 amide bonds. The Labute approximate surface area is 138 Å². The van der Waals surface area contributed by atoms with Gasteiger partial charge >= 0.3 is 0 Å². The number of hydrogen-bond acceptors (Lipinski definition) is 4. The second-order valence-electron chi connectivity index (χ2n) is 4.62. The first-order valence-electron chi connectivity index (χ1n) is 6.20. The molecule has 2 aromatic carbocycles. The van der Waals surface area contributed by atoms with E-state index >= 15 is 0 Å². The molecule has 0 unspecified atom stereocenters. The molecule has 0 atom stereocenters. The average Bonchev–Trinajstić information content (AvgIpc) is 2.94. The lowest BCUT2D eigenvalue weighted by Gasteiger charge is -2.00. The van der Waals surface area contributed by atoms with Gasteiger partial charge in [0.25, 0.3) is 5.89 Å². The van der Waals surface area contributed by atoms with Crippen LogP contribution in [0.4, 0.5) is 5.69 Å². The third-order valence-corrected chi connectivity index (χ3v) is 4.68. The monoisotopic (exact) mass is 407 g/mol. The normalized spacial score (nSPS) is 10.8. The van der Waals surface area contributed by atoms with Crippen LogP contribution in [0.2, 0.25) is 0 Å². The number of benzene rings is 2. The van der Waals surface area contributed by atoms with Crippen molar-refractivity contribution in [3.05, 3.63) is 50.9 Å². The largest absolute Gasteiger partial charge is 0.398 e. The van der Waals surface area contributed by atoms with Crippen molar-refractivity contribution in [1.82, 2.24) is 10.1 Å². The van der Waals surface area contributed by atoms with E-state index in [4.69, 9.17) is 10.3 Å². The van der Waals surface area contributed by atoms with Crippen LogP contribution in [-0.2, 0) is 0 Å². The lowest BCUT2D eigenvalue weighted by atomic mass is 10.1. The minimum Gasteiger partial charge on any atom is -0.398 e. The molecule has 0 saturated heterocycles. The molecule has 2 N–H and O–H groups in total. The second kappa shape index (κ2) is 5.61. The number of aryl methyl sites for hydroxylation is 1. The van der Waals surface area contributed by atoms with E-state index in [2.05, 4.69) is 42.0 Å². The molecule has 6 heteroatoms. The summed E-state index contributed by atoms with van der Waals surface area (Å²) in [5.74, 6) is 0.994. The van der Waals surface area contributed by atoms with Crippen LogP contribution in [0.25, 0.3) is 22.8 Å². The molecule has 1 aromatic heterocycles. The highest BCUT2D eigenvalue weighted by atomic mass is 79.9. The zero-order valence-electron chi connectivity index (χ0n) is 11.1. The molecule has 1 heterocycles. The number of nitrogen functional groups attached to an aromatic ring is 1. The van der Waals surface area contributed by atoms with Gasteiger partial charge in [0.05, 0.1) is 0 Å². The van der Waals surface area contributed by atoms with Crippen LogP contribution >= 0.6 is 31.9 Å². The van der Waals surface area contributed by atoms with Crippen molar-refractivity contribution < 1.29 is 4.52 Å². The molecule has 4 nitrogen and oxygen atoms in total. The predicted molar refractivity (Wildman–Crippen MR) is 89.7 cm³/mol. The fraction of sp³-hybridized carbons (Fsp3) is 0.0667. The lowest BCUT2D eigenvalue weighted by molar-refractivity contribution is 0.432. The van der Waals surface area contributed by atoms with Crippen LogP contribution in [0, 0.1) is 6.92 Å². The van der Waals surface area contributed by atoms with Gasteiger partial charge in [-0.2, -0.15) is 4.98 Å². The third-order valence-electron chi connectivity index (χ3n) is 3.10. The Kier molecular flexibility index (Phi) is 3.82. The molecule has 0 saturated carbocycles. The van der Waals surface area contributed by atoms with Crippen molar-refractivity contribution in [2.75, 3.05) is 5.73 Å². The first-order valence-corrected chi connectivity index (χ1v) is 7.79. The molecule has 0 aliphatic heterocycles. The summed E-state index contributed by atoms with van der Waals surface area (Å²) in [5.41, 5.74) is 9.34. The van der Waals surface area contributed by atoms with E-state index < -0.39 is 0 Å². The molecule has 0 bridgehead atoms. The molecule has 0 aliphatic carbocycles. The van der Waals surface area contributed by atoms with E-state index in [1.165, 1.54) is 0 Å².